The molecular formula is C22H22N4. The molecule has 0 saturated heterocycles. The van der Waals surface area contributed by atoms with Gasteiger partial charge in [0.2, 0.25) is 0 Å². The van der Waals surface area contributed by atoms with Gasteiger partial charge in [-0.25, -0.2) is 9.97 Å². The quantitative estimate of drug-likeness (QED) is 0.406. The first-order valence-corrected chi connectivity index (χ1v) is 8.68. The molecule has 3 rings (SSSR count). The molecule has 0 fully saturated rings. The number of benzene rings is 2. The zero-order chi connectivity index (χ0) is 18.4. The van der Waals surface area contributed by atoms with Crippen molar-refractivity contribution in [2.45, 2.75) is 26.3 Å². The number of allylic oxidation sites excluding steroid dienone is 1. The van der Waals surface area contributed by atoms with Gasteiger partial charge in [0.15, 0.2) is 11.6 Å². The molecule has 130 valence electrons. The van der Waals surface area contributed by atoms with Gasteiger partial charge < -0.3 is 0 Å². The van der Waals surface area contributed by atoms with Crippen LogP contribution in [0, 0.1) is 6.92 Å². The maximum atomic E-state index is 4.67. The smallest absolute Gasteiger partial charge is 0.181 e. The standard InChI is InChI=1S/C22H22N4/c1-4-11-20-17(3)23-21(19-14-9-6-10-15-19)24-22(20)26-25-16(2)18-12-7-5-8-13-18/h4-10,12-16H,1,11H2,2-3H3. The Balaban J connectivity index is 1.99. The molecule has 0 N–H and O–H groups in total. The number of rotatable bonds is 6. The van der Waals surface area contributed by atoms with Crippen molar-refractivity contribution in [1.82, 2.24) is 9.97 Å². The van der Waals surface area contributed by atoms with Crippen molar-refractivity contribution in [1.29, 1.82) is 0 Å². The van der Waals surface area contributed by atoms with E-state index in [0.717, 1.165) is 22.4 Å². The lowest BCUT2D eigenvalue weighted by molar-refractivity contribution is 0.757. The van der Waals surface area contributed by atoms with Crippen LogP contribution in [0.25, 0.3) is 11.4 Å². The number of nitrogens with zero attached hydrogens (tertiary/aromatic N) is 4. The fourth-order valence-electron chi connectivity index (χ4n) is 2.70. The molecule has 1 heterocycles. The SMILES string of the molecule is C=CCc1c(C)nc(-c2ccccc2)nc1N=NC(C)c1ccccc1. The predicted octanol–water partition coefficient (Wildman–Crippen LogP) is 6.03. The Hall–Kier alpha value is -3.14. The first-order chi connectivity index (χ1) is 12.7. The number of hydrogen-bond donors (Lipinski definition) is 0. The summed E-state index contributed by atoms with van der Waals surface area (Å²) < 4.78 is 0. The van der Waals surface area contributed by atoms with E-state index < -0.39 is 0 Å². The lowest BCUT2D eigenvalue weighted by atomic mass is 10.1. The number of aryl methyl sites for hydroxylation is 1. The van der Waals surface area contributed by atoms with E-state index in [2.05, 4.69) is 38.9 Å². The van der Waals surface area contributed by atoms with E-state index >= 15 is 0 Å². The minimum atomic E-state index is -0.0387. The number of aromatic nitrogens is 2. The van der Waals surface area contributed by atoms with Crippen molar-refractivity contribution in [3.8, 4) is 11.4 Å². The van der Waals surface area contributed by atoms with Gasteiger partial charge in [-0.05, 0) is 25.8 Å². The summed E-state index contributed by atoms with van der Waals surface area (Å²) >= 11 is 0. The number of hydrogen-bond acceptors (Lipinski definition) is 4. The second kappa shape index (κ2) is 8.30. The maximum absolute atomic E-state index is 4.67. The van der Waals surface area contributed by atoms with Gasteiger partial charge in [0.05, 0.1) is 6.04 Å². The van der Waals surface area contributed by atoms with Crippen molar-refractivity contribution in [3.63, 3.8) is 0 Å². The average molecular weight is 342 g/mol. The van der Waals surface area contributed by atoms with Gasteiger partial charge >= 0.3 is 0 Å². The highest BCUT2D eigenvalue weighted by molar-refractivity contribution is 5.58. The highest BCUT2D eigenvalue weighted by Gasteiger charge is 2.12. The van der Waals surface area contributed by atoms with Crippen LogP contribution in [0.15, 0.2) is 83.5 Å². The van der Waals surface area contributed by atoms with Crippen LogP contribution < -0.4 is 0 Å². The molecule has 4 heteroatoms. The molecule has 4 nitrogen and oxygen atoms in total. The van der Waals surface area contributed by atoms with Crippen molar-refractivity contribution in [3.05, 3.63) is 90.1 Å². The fraction of sp³-hybridized carbons (Fsp3) is 0.182. The van der Waals surface area contributed by atoms with Gasteiger partial charge in [-0.15, -0.1) is 11.7 Å². The van der Waals surface area contributed by atoms with Crippen LogP contribution in [0.2, 0.25) is 0 Å². The lowest BCUT2D eigenvalue weighted by Crippen LogP contribution is -1.99. The normalized spacial score (nSPS) is 12.2. The highest BCUT2D eigenvalue weighted by atomic mass is 15.2. The van der Waals surface area contributed by atoms with Crippen LogP contribution >= 0.6 is 0 Å². The maximum Gasteiger partial charge on any atom is 0.181 e. The van der Waals surface area contributed by atoms with Crippen molar-refractivity contribution in [2.75, 3.05) is 0 Å². The zero-order valence-corrected chi connectivity index (χ0v) is 15.1. The molecule has 0 saturated carbocycles. The van der Waals surface area contributed by atoms with E-state index in [1.54, 1.807) is 0 Å². The Morgan fingerprint density at radius 2 is 1.65 bits per heavy atom. The summed E-state index contributed by atoms with van der Waals surface area (Å²) in [6.45, 7) is 7.84. The van der Waals surface area contributed by atoms with Crippen LogP contribution in [0.1, 0.15) is 29.8 Å². The summed E-state index contributed by atoms with van der Waals surface area (Å²) in [5, 5.41) is 8.96. The van der Waals surface area contributed by atoms with Crippen LogP contribution in [0.3, 0.4) is 0 Å². The summed E-state index contributed by atoms with van der Waals surface area (Å²) in [5.41, 5.74) is 3.95. The number of azo groups is 1. The van der Waals surface area contributed by atoms with Crippen molar-refractivity contribution < 1.29 is 0 Å². The fourth-order valence-corrected chi connectivity index (χ4v) is 2.70. The Morgan fingerprint density at radius 1 is 1.00 bits per heavy atom. The Bertz CT molecular complexity index is 902. The summed E-state index contributed by atoms with van der Waals surface area (Å²) in [6, 6.07) is 20.0. The molecule has 0 aliphatic rings. The third-order valence-corrected chi connectivity index (χ3v) is 4.18. The van der Waals surface area contributed by atoms with E-state index in [1.807, 2.05) is 68.5 Å². The molecule has 1 atom stereocenters. The topological polar surface area (TPSA) is 50.5 Å². The van der Waals surface area contributed by atoms with Crippen LogP contribution in [0.5, 0.6) is 0 Å². The average Bonchev–Trinajstić information content (AvgIpc) is 2.69. The molecule has 0 radical (unpaired) electrons. The molecule has 2 aromatic carbocycles. The first-order valence-electron chi connectivity index (χ1n) is 8.68. The Morgan fingerprint density at radius 3 is 2.31 bits per heavy atom. The molecule has 1 aromatic heterocycles. The molecule has 1 unspecified atom stereocenters. The first kappa shape index (κ1) is 17.7. The minimum Gasteiger partial charge on any atom is -0.233 e. The van der Waals surface area contributed by atoms with Crippen molar-refractivity contribution >= 4 is 5.82 Å². The van der Waals surface area contributed by atoms with Crippen LogP contribution in [-0.4, -0.2) is 9.97 Å². The molecule has 26 heavy (non-hydrogen) atoms. The second-order valence-electron chi connectivity index (χ2n) is 6.10. The molecule has 0 bridgehead atoms. The molecule has 3 aromatic rings. The molecule has 0 spiro atoms. The van der Waals surface area contributed by atoms with Gasteiger partial charge in [-0.2, -0.15) is 5.11 Å². The van der Waals surface area contributed by atoms with E-state index in [-0.39, 0.29) is 6.04 Å². The van der Waals surface area contributed by atoms with Crippen molar-refractivity contribution in [2.24, 2.45) is 10.2 Å². The zero-order valence-electron chi connectivity index (χ0n) is 15.1. The summed E-state index contributed by atoms with van der Waals surface area (Å²) in [6.07, 6.45) is 2.50. The highest BCUT2D eigenvalue weighted by Crippen LogP contribution is 2.27. The van der Waals surface area contributed by atoms with Gasteiger partial charge in [0, 0.05) is 16.8 Å². The van der Waals surface area contributed by atoms with Crippen LogP contribution in [0.4, 0.5) is 5.82 Å². The Labute approximate surface area is 154 Å². The summed E-state index contributed by atoms with van der Waals surface area (Å²) in [7, 11) is 0. The Kier molecular flexibility index (Phi) is 5.64. The predicted molar refractivity (Wildman–Crippen MR) is 105 cm³/mol. The van der Waals surface area contributed by atoms with Gasteiger partial charge in [-0.1, -0.05) is 66.7 Å². The largest absolute Gasteiger partial charge is 0.233 e. The second-order valence-corrected chi connectivity index (χ2v) is 6.10. The molecule has 0 aliphatic carbocycles. The molecule has 0 aliphatic heterocycles. The summed E-state index contributed by atoms with van der Waals surface area (Å²) in [5.74, 6) is 1.27. The third kappa shape index (κ3) is 4.09. The third-order valence-electron chi connectivity index (χ3n) is 4.18. The minimum absolute atomic E-state index is 0.0387. The van der Waals surface area contributed by atoms with E-state index in [0.29, 0.717) is 18.1 Å². The van der Waals surface area contributed by atoms with E-state index in [4.69, 9.17) is 0 Å². The van der Waals surface area contributed by atoms with E-state index in [9.17, 15) is 0 Å². The summed E-state index contributed by atoms with van der Waals surface area (Å²) in [4.78, 5) is 9.32. The molecular weight excluding hydrogens is 320 g/mol. The lowest BCUT2D eigenvalue weighted by Gasteiger charge is -2.10. The van der Waals surface area contributed by atoms with Gasteiger partial charge in [0.1, 0.15) is 0 Å². The molecule has 0 amide bonds. The van der Waals surface area contributed by atoms with Gasteiger partial charge in [0.25, 0.3) is 0 Å². The van der Waals surface area contributed by atoms with E-state index in [1.165, 1.54) is 0 Å². The monoisotopic (exact) mass is 342 g/mol. The van der Waals surface area contributed by atoms with Crippen LogP contribution in [-0.2, 0) is 6.42 Å². The van der Waals surface area contributed by atoms with Gasteiger partial charge in [-0.3, -0.25) is 0 Å².